The lowest BCUT2D eigenvalue weighted by molar-refractivity contribution is -0.152. The van der Waals surface area contributed by atoms with Gasteiger partial charge in [-0.15, -0.1) is 6.58 Å². The zero-order valence-corrected chi connectivity index (χ0v) is 17.4. The first-order valence-electron chi connectivity index (χ1n) is 10.1. The van der Waals surface area contributed by atoms with Crippen LogP contribution in [0.1, 0.15) is 50.6 Å². The summed E-state index contributed by atoms with van der Waals surface area (Å²) in [5, 5.41) is 12.8. The third-order valence-electron chi connectivity index (χ3n) is 4.85. The van der Waals surface area contributed by atoms with Crippen LogP contribution in [-0.2, 0) is 11.3 Å². The number of aromatic nitrogens is 1. The molecule has 0 spiro atoms. The number of benzene rings is 2. The van der Waals surface area contributed by atoms with E-state index in [1.54, 1.807) is 6.07 Å². The summed E-state index contributed by atoms with van der Waals surface area (Å²) in [5.41, 5.74) is 1.31. The van der Waals surface area contributed by atoms with Crippen LogP contribution in [0.3, 0.4) is 0 Å². The van der Waals surface area contributed by atoms with Gasteiger partial charge >= 0.3 is 5.97 Å². The number of nitrogens with zero attached hydrogens (tertiary/aromatic N) is 1. The average Bonchev–Trinajstić information content (AvgIpc) is 3.14. The lowest BCUT2D eigenvalue weighted by Crippen LogP contribution is -2.37. The molecule has 1 atom stereocenters. The second-order valence-electron chi connectivity index (χ2n) is 7.74. The summed E-state index contributed by atoms with van der Waals surface area (Å²) < 4.78 is 11.6. The number of aliphatic carboxylic acids is 1. The molecule has 30 heavy (non-hydrogen) atoms. The SMILES string of the molecule is C=CCCCC(NCc1cccc(OC(C)(C)C(=O)O)c1)c1nc2ccccc2o1. The number of rotatable bonds is 11. The number of ether oxygens (including phenoxy) is 1. The van der Waals surface area contributed by atoms with Crippen molar-refractivity contribution in [2.45, 2.75) is 51.3 Å². The Morgan fingerprint density at radius 2 is 2.10 bits per heavy atom. The van der Waals surface area contributed by atoms with Crippen LogP contribution in [0.25, 0.3) is 11.1 Å². The second-order valence-corrected chi connectivity index (χ2v) is 7.74. The summed E-state index contributed by atoms with van der Waals surface area (Å²) in [6, 6.07) is 15.1. The number of fused-ring (bicyclic) bond motifs is 1. The monoisotopic (exact) mass is 408 g/mol. The van der Waals surface area contributed by atoms with Crippen LogP contribution in [0.15, 0.2) is 65.6 Å². The van der Waals surface area contributed by atoms with Gasteiger partial charge in [0.05, 0.1) is 6.04 Å². The summed E-state index contributed by atoms with van der Waals surface area (Å²) in [5.74, 6) is 0.177. The predicted molar refractivity (Wildman–Crippen MR) is 116 cm³/mol. The van der Waals surface area contributed by atoms with Gasteiger partial charge in [0.25, 0.3) is 0 Å². The van der Waals surface area contributed by atoms with Crippen LogP contribution in [0, 0.1) is 0 Å². The first kappa shape index (κ1) is 21.6. The van der Waals surface area contributed by atoms with Crippen molar-refractivity contribution < 1.29 is 19.1 Å². The van der Waals surface area contributed by atoms with E-state index in [0.717, 1.165) is 35.9 Å². The van der Waals surface area contributed by atoms with Crippen molar-refractivity contribution in [3.63, 3.8) is 0 Å². The molecule has 1 aromatic heterocycles. The van der Waals surface area contributed by atoms with Gasteiger partial charge in [-0.3, -0.25) is 0 Å². The lowest BCUT2D eigenvalue weighted by Gasteiger charge is -2.22. The molecule has 1 unspecified atom stereocenters. The molecule has 3 aromatic rings. The van der Waals surface area contributed by atoms with Crippen molar-refractivity contribution in [3.8, 4) is 5.75 Å². The van der Waals surface area contributed by atoms with Crippen molar-refractivity contribution in [1.29, 1.82) is 0 Å². The fourth-order valence-corrected chi connectivity index (χ4v) is 3.12. The summed E-state index contributed by atoms with van der Waals surface area (Å²) in [6.07, 6.45) is 4.66. The van der Waals surface area contributed by atoms with E-state index in [1.165, 1.54) is 13.8 Å². The second kappa shape index (κ2) is 9.59. The lowest BCUT2D eigenvalue weighted by atomic mass is 10.1. The molecule has 3 rings (SSSR count). The fourth-order valence-electron chi connectivity index (χ4n) is 3.12. The van der Waals surface area contributed by atoms with Gasteiger partial charge < -0.3 is 19.6 Å². The largest absolute Gasteiger partial charge is 0.478 e. The van der Waals surface area contributed by atoms with Gasteiger partial charge in [-0.2, -0.15) is 0 Å². The van der Waals surface area contributed by atoms with Crippen LogP contribution < -0.4 is 10.1 Å². The molecule has 1 heterocycles. The Morgan fingerprint density at radius 1 is 1.30 bits per heavy atom. The number of oxazole rings is 1. The Balaban J connectivity index is 1.73. The minimum absolute atomic E-state index is 0.0441. The average molecular weight is 408 g/mol. The molecule has 0 aliphatic heterocycles. The van der Waals surface area contributed by atoms with Gasteiger partial charge in [0.1, 0.15) is 11.3 Å². The molecule has 0 saturated heterocycles. The van der Waals surface area contributed by atoms with Gasteiger partial charge in [-0.1, -0.05) is 30.3 Å². The van der Waals surface area contributed by atoms with Crippen molar-refractivity contribution in [3.05, 3.63) is 72.6 Å². The van der Waals surface area contributed by atoms with Crippen LogP contribution in [0.2, 0.25) is 0 Å². The van der Waals surface area contributed by atoms with Crippen molar-refractivity contribution in [1.82, 2.24) is 10.3 Å². The molecule has 0 aliphatic rings. The van der Waals surface area contributed by atoms with Crippen LogP contribution in [0.4, 0.5) is 0 Å². The smallest absolute Gasteiger partial charge is 0.347 e. The highest BCUT2D eigenvalue weighted by Crippen LogP contribution is 2.25. The van der Waals surface area contributed by atoms with Gasteiger partial charge in [-0.05, 0) is 62.9 Å². The Labute approximate surface area is 176 Å². The number of allylic oxidation sites excluding steroid dienone is 1. The van der Waals surface area contributed by atoms with Crippen molar-refractivity contribution in [2.24, 2.45) is 0 Å². The molecule has 0 radical (unpaired) electrons. The highest BCUT2D eigenvalue weighted by atomic mass is 16.5. The molecule has 2 N–H and O–H groups in total. The van der Waals surface area contributed by atoms with Gasteiger partial charge in [0.15, 0.2) is 11.2 Å². The quantitative estimate of drug-likeness (QED) is 0.333. The van der Waals surface area contributed by atoms with Crippen molar-refractivity contribution >= 4 is 17.1 Å². The maximum absolute atomic E-state index is 11.3. The zero-order valence-electron chi connectivity index (χ0n) is 17.4. The van der Waals surface area contributed by atoms with Crippen LogP contribution in [0.5, 0.6) is 5.75 Å². The third kappa shape index (κ3) is 5.48. The number of carbonyl (C=O) groups is 1. The molecule has 6 nitrogen and oxygen atoms in total. The Bertz CT molecular complexity index is 976. The molecule has 158 valence electrons. The van der Waals surface area contributed by atoms with Crippen LogP contribution in [-0.4, -0.2) is 21.7 Å². The minimum Gasteiger partial charge on any atom is -0.478 e. The molecule has 0 bridgehead atoms. The molecule has 2 aromatic carbocycles. The van der Waals surface area contributed by atoms with Crippen molar-refractivity contribution in [2.75, 3.05) is 0 Å². The number of nitrogens with one attached hydrogen (secondary N) is 1. The first-order valence-corrected chi connectivity index (χ1v) is 10.1. The third-order valence-corrected chi connectivity index (χ3v) is 4.85. The first-order chi connectivity index (χ1) is 14.4. The fraction of sp³-hybridized carbons (Fsp3) is 0.333. The zero-order chi connectivity index (χ0) is 21.6. The molecular weight excluding hydrogens is 380 g/mol. The van der Waals surface area contributed by atoms with Gasteiger partial charge in [-0.25, -0.2) is 9.78 Å². The molecular formula is C24H28N2O4. The minimum atomic E-state index is -1.29. The van der Waals surface area contributed by atoms with E-state index < -0.39 is 11.6 Å². The molecule has 0 amide bonds. The molecule has 0 aliphatic carbocycles. The highest BCUT2D eigenvalue weighted by molar-refractivity contribution is 5.76. The highest BCUT2D eigenvalue weighted by Gasteiger charge is 2.29. The van der Waals surface area contributed by atoms with E-state index in [0.29, 0.717) is 18.2 Å². The number of unbranched alkanes of at least 4 members (excludes halogenated alkanes) is 1. The number of hydrogen-bond acceptors (Lipinski definition) is 5. The van der Waals surface area contributed by atoms with E-state index in [2.05, 4.69) is 16.9 Å². The normalized spacial score (nSPS) is 12.6. The van der Waals surface area contributed by atoms with Gasteiger partial charge in [0.2, 0.25) is 5.89 Å². The molecule has 0 saturated carbocycles. The van der Waals surface area contributed by atoms with E-state index in [4.69, 9.17) is 9.15 Å². The number of carboxylic acid groups (broad SMARTS) is 1. The van der Waals surface area contributed by atoms with Gasteiger partial charge in [0, 0.05) is 6.54 Å². The van der Waals surface area contributed by atoms with Crippen LogP contribution >= 0.6 is 0 Å². The van der Waals surface area contributed by atoms with E-state index >= 15 is 0 Å². The molecule has 6 heteroatoms. The maximum Gasteiger partial charge on any atom is 0.347 e. The summed E-state index contributed by atoms with van der Waals surface area (Å²) >= 11 is 0. The Kier molecular flexibility index (Phi) is 6.90. The molecule has 0 fully saturated rings. The predicted octanol–water partition coefficient (Wildman–Crippen LogP) is 5.26. The number of hydrogen-bond donors (Lipinski definition) is 2. The van der Waals surface area contributed by atoms with E-state index in [1.807, 2.05) is 48.5 Å². The van der Waals surface area contributed by atoms with E-state index in [-0.39, 0.29) is 6.04 Å². The topological polar surface area (TPSA) is 84.6 Å². The maximum atomic E-state index is 11.3. The Morgan fingerprint density at radius 3 is 2.83 bits per heavy atom. The summed E-state index contributed by atoms with van der Waals surface area (Å²) in [6.45, 7) is 7.43. The summed E-state index contributed by atoms with van der Waals surface area (Å²) in [7, 11) is 0. The summed E-state index contributed by atoms with van der Waals surface area (Å²) in [4.78, 5) is 16.0. The standard InChI is InChI=1S/C24H28N2O4/c1-4-5-6-13-20(22-26-19-12-7-8-14-21(19)29-22)25-16-17-10-9-11-18(15-17)30-24(2,3)23(27)28/h4,7-12,14-15,20,25H,1,5-6,13,16H2,2-3H3,(H,27,28). The number of para-hydroxylation sites is 2. The van der Waals surface area contributed by atoms with E-state index in [9.17, 15) is 9.90 Å². The Hall–Kier alpha value is -3.12. The number of carboxylic acids is 1.